The molecule has 1 aromatic carbocycles. The lowest BCUT2D eigenvalue weighted by atomic mass is 10.2. The lowest BCUT2D eigenvalue weighted by Gasteiger charge is -2.02. The van der Waals surface area contributed by atoms with Crippen molar-refractivity contribution in [3.63, 3.8) is 0 Å². The molecule has 0 unspecified atom stereocenters. The van der Waals surface area contributed by atoms with Crippen LogP contribution in [0.15, 0.2) is 27.8 Å². The largest absolute Gasteiger partial charge is 0.497 e. The van der Waals surface area contributed by atoms with Crippen LogP contribution in [0.2, 0.25) is 0 Å². The van der Waals surface area contributed by atoms with Gasteiger partial charge in [0, 0.05) is 10.0 Å². The first kappa shape index (κ1) is 11.5. The maximum Gasteiger partial charge on any atom is 0.332 e. The van der Waals surface area contributed by atoms with Crippen LogP contribution in [0.4, 0.5) is 4.79 Å². The SMILES string of the molecule is COc1ccc(C=NNC(N)=O)c(Br)c1. The van der Waals surface area contributed by atoms with E-state index in [1.54, 1.807) is 25.3 Å². The summed E-state index contributed by atoms with van der Waals surface area (Å²) in [6.45, 7) is 0. The van der Waals surface area contributed by atoms with Crippen molar-refractivity contribution in [2.45, 2.75) is 0 Å². The molecular weight excluding hydrogens is 262 g/mol. The third-order valence-corrected chi connectivity index (χ3v) is 2.27. The van der Waals surface area contributed by atoms with Crippen molar-refractivity contribution in [1.29, 1.82) is 0 Å². The van der Waals surface area contributed by atoms with Crippen molar-refractivity contribution in [3.8, 4) is 5.75 Å². The number of benzene rings is 1. The minimum Gasteiger partial charge on any atom is -0.497 e. The molecule has 0 aliphatic heterocycles. The predicted molar refractivity (Wildman–Crippen MR) is 61.0 cm³/mol. The van der Waals surface area contributed by atoms with E-state index in [2.05, 4.69) is 26.5 Å². The molecule has 5 nitrogen and oxygen atoms in total. The third-order valence-electron chi connectivity index (χ3n) is 1.59. The molecule has 0 spiro atoms. The number of urea groups is 1. The molecule has 80 valence electrons. The number of amides is 2. The summed E-state index contributed by atoms with van der Waals surface area (Å²) in [5.41, 5.74) is 7.76. The van der Waals surface area contributed by atoms with Crippen molar-refractivity contribution in [3.05, 3.63) is 28.2 Å². The average molecular weight is 272 g/mol. The van der Waals surface area contributed by atoms with Crippen LogP contribution in [0.5, 0.6) is 5.75 Å². The zero-order chi connectivity index (χ0) is 11.3. The molecule has 0 aromatic heterocycles. The molecule has 2 amide bonds. The van der Waals surface area contributed by atoms with Crippen LogP contribution in [-0.2, 0) is 0 Å². The Morgan fingerprint density at radius 1 is 1.67 bits per heavy atom. The number of nitrogens with two attached hydrogens (primary N) is 1. The van der Waals surface area contributed by atoms with Gasteiger partial charge < -0.3 is 10.5 Å². The molecule has 0 radical (unpaired) electrons. The van der Waals surface area contributed by atoms with Crippen LogP contribution in [0, 0.1) is 0 Å². The van der Waals surface area contributed by atoms with E-state index >= 15 is 0 Å². The van der Waals surface area contributed by atoms with Crippen LogP contribution >= 0.6 is 15.9 Å². The summed E-state index contributed by atoms with van der Waals surface area (Å²) in [5.74, 6) is 0.738. The smallest absolute Gasteiger partial charge is 0.332 e. The highest BCUT2D eigenvalue weighted by molar-refractivity contribution is 9.10. The van der Waals surface area contributed by atoms with Crippen LogP contribution in [0.25, 0.3) is 0 Å². The monoisotopic (exact) mass is 271 g/mol. The molecule has 15 heavy (non-hydrogen) atoms. The lowest BCUT2D eigenvalue weighted by Crippen LogP contribution is -2.24. The molecule has 1 aromatic rings. The van der Waals surface area contributed by atoms with E-state index in [9.17, 15) is 4.79 Å². The molecule has 0 atom stereocenters. The number of ether oxygens (including phenoxy) is 1. The quantitative estimate of drug-likeness (QED) is 0.645. The van der Waals surface area contributed by atoms with Crippen LogP contribution in [-0.4, -0.2) is 19.4 Å². The van der Waals surface area contributed by atoms with Crippen molar-refractivity contribution >= 4 is 28.2 Å². The van der Waals surface area contributed by atoms with Gasteiger partial charge in [0.15, 0.2) is 0 Å². The number of primary amides is 1. The van der Waals surface area contributed by atoms with Gasteiger partial charge in [-0.05, 0) is 34.1 Å². The number of carbonyl (C=O) groups is 1. The van der Waals surface area contributed by atoms with E-state index < -0.39 is 6.03 Å². The van der Waals surface area contributed by atoms with Gasteiger partial charge in [0.2, 0.25) is 0 Å². The molecule has 0 aliphatic rings. The minimum atomic E-state index is -0.698. The highest BCUT2D eigenvalue weighted by Gasteiger charge is 1.98. The Bertz CT molecular complexity index is 393. The first-order chi connectivity index (χ1) is 7.13. The van der Waals surface area contributed by atoms with Crippen LogP contribution in [0.3, 0.4) is 0 Å². The fraction of sp³-hybridized carbons (Fsp3) is 0.111. The Labute approximate surface area is 95.4 Å². The van der Waals surface area contributed by atoms with E-state index in [-0.39, 0.29) is 0 Å². The number of nitrogens with zero attached hydrogens (tertiary/aromatic N) is 1. The number of methoxy groups -OCH3 is 1. The van der Waals surface area contributed by atoms with Gasteiger partial charge in [0.25, 0.3) is 0 Å². The number of hydrogen-bond donors (Lipinski definition) is 2. The number of nitrogens with one attached hydrogen (secondary N) is 1. The first-order valence-electron chi connectivity index (χ1n) is 4.05. The van der Waals surface area contributed by atoms with E-state index in [0.717, 1.165) is 15.8 Å². The summed E-state index contributed by atoms with van der Waals surface area (Å²) in [7, 11) is 1.59. The number of hydrazone groups is 1. The summed E-state index contributed by atoms with van der Waals surface area (Å²) in [6, 6.07) is 4.69. The van der Waals surface area contributed by atoms with Gasteiger partial charge in [-0.25, -0.2) is 10.2 Å². The Morgan fingerprint density at radius 2 is 2.40 bits per heavy atom. The summed E-state index contributed by atoms with van der Waals surface area (Å²) in [4.78, 5) is 10.3. The average Bonchev–Trinajstić information content (AvgIpc) is 2.20. The third kappa shape index (κ3) is 3.59. The Hall–Kier alpha value is -1.56. The number of hydrogen-bond acceptors (Lipinski definition) is 3. The molecule has 0 saturated heterocycles. The van der Waals surface area contributed by atoms with Gasteiger partial charge in [-0.2, -0.15) is 5.10 Å². The standard InChI is InChI=1S/C9H10BrN3O2/c1-15-7-3-2-6(8(10)4-7)5-12-13-9(11)14/h2-5H,1H3,(H3,11,13,14). The highest BCUT2D eigenvalue weighted by atomic mass is 79.9. The van der Waals surface area contributed by atoms with Crippen molar-refractivity contribution < 1.29 is 9.53 Å². The summed E-state index contributed by atoms with van der Waals surface area (Å²) in [6.07, 6.45) is 1.48. The molecule has 3 N–H and O–H groups in total. The Balaban J connectivity index is 2.78. The summed E-state index contributed by atoms with van der Waals surface area (Å²) < 4.78 is 5.85. The number of carbonyl (C=O) groups excluding carboxylic acids is 1. The summed E-state index contributed by atoms with van der Waals surface area (Å²) >= 11 is 3.34. The van der Waals surface area contributed by atoms with E-state index in [1.807, 2.05) is 0 Å². The second-order valence-electron chi connectivity index (χ2n) is 2.62. The molecular formula is C9H10BrN3O2. The van der Waals surface area contributed by atoms with Gasteiger partial charge in [-0.1, -0.05) is 0 Å². The van der Waals surface area contributed by atoms with Crippen molar-refractivity contribution in [1.82, 2.24) is 5.43 Å². The fourth-order valence-electron chi connectivity index (χ4n) is 0.905. The molecule has 0 heterocycles. The maximum atomic E-state index is 10.3. The molecule has 0 aliphatic carbocycles. The minimum absolute atomic E-state index is 0.698. The first-order valence-corrected chi connectivity index (χ1v) is 4.85. The highest BCUT2D eigenvalue weighted by Crippen LogP contribution is 2.21. The molecule has 6 heteroatoms. The van der Waals surface area contributed by atoms with Crippen molar-refractivity contribution in [2.24, 2.45) is 10.8 Å². The molecule has 1 rings (SSSR count). The fourth-order valence-corrected chi connectivity index (χ4v) is 1.37. The zero-order valence-electron chi connectivity index (χ0n) is 8.03. The van der Waals surface area contributed by atoms with Gasteiger partial charge in [-0.3, -0.25) is 0 Å². The molecule has 0 bridgehead atoms. The Kier molecular flexibility index (Phi) is 4.11. The molecule has 0 saturated carbocycles. The zero-order valence-corrected chi connectivity index (χ0v) is 9.61. The van der Waals surface area contributed by atoms with E-state index in [4.69, 9.17) is 10.5 Å². The van der Waals surface area contributed by atoms with Gasteiger partial charge in [0.1, 0.15) is 5.75 Å². The van der Waals surface area contributed by atoms with Gasteiger partial charge in [0.05, 0.1) is 13.3 Å². The normalized spacial score (nSPS) is 10.3. The van der Waals surface area contributed by atoms with Crippen LogP contribution in [0.1, 0.15) is 5.56 Å². The predicted octanol–water partition coefficient (Wildman–Crippen LogP) is 1.46. The number of rotatable bonds is 3. The van der Waals surface area contributed by atoms with E-state index in [0.29, 0.717) is 0 Å². The molecule has 0 fully saturated rings. The number of halogens is 1. The second kappa shape index (κ2) is 5.35. The van der Waals surface area contributed by atoms with E-state index in [1.165, 1.54) is 6.21 Å². The van der Waals surface area contributed by atoms with Gasteiger partial charge >= 0.3 is 6.03 Å². The topological polar surface area (TPSA) is 76.7 Å². The Morgan fingerprint density at radius 3 is 2.93 bits per heavy atom. The van der Waals surface area contributed by atoms with Crippen LogP contribution < -0.4 is 15.9 Å². The lowest BCUT2D eigenvalue weighted by molar-refractivity contribution is 0.249. The van der Waals surface area contributed by atoms with Gasteiger partial charge in [-0.15, -0.1) is 0 Å². The summed E-state index contributed by atoms with van der Waals surface area (Å²) in [5, 5.41) is 3.64. The maximum absolute atomic E-state index is 10.3. The second-order valence-corrected chi connectivity index (χ2v) is 3.48. The van der Waals surface area contributed by atoms with Crippen molar-refractivity contribution in [2.75, 3.05) is 7.11 Å².